The van der Waals surface area contributed by atoms with E-state index in [0.29, 0.717) is 31.0 Å². The third-order valence-corrected chi connectivity index (χ3v) is 11.8. The first kappa shape index (κ1) is 30.5. The lowest BCUT2D eigenvalue weighted by molar-refractivity contribution is 0.1000. The largest absolute Gasteiger partial charge is 0.366 e. The summed E-state index contributed by atoms with van der Waals surface area (Å²) in [6.45, 7) is 0.868. The molecule has 11 heteroatoms. The van der Waals surface area contributed by atoms with Crippen molar-refractivity contribution in [1.29, 1.82) is 0 Å². The Balaban J connectivity index is 1.11. The van der Waals surface area contributed by atoms with Gasteiger partial charge in [0.2, 0.25) is 15.9 Å². The highest BCUT2D eigenvalue weighted by Gasteiger charge is 2.43. The van der Waals surface area contributed by atoms with Crippen LogP contribution < -0.4 is 21.9 Å². The molecule has 4 atom stereocenters. The summed E-state index contributed by atoms with van der Waals surface area (Å²) < 4.78 is 28.0. The van der Waals surface area contributed by atoms with Crippen molar-refractivity contribution in [2.45, 2.75) is 61.2 Å². The summed E-state index contributed by atoms with van der Waals surface area (Å²) in [5.41, 5.74) is 15.2. The fourth-order valence-corrected chi connectivity index (χ4v) is 8.81. The van der Waals surface area contributed by atoms with Crippen LogP contribution in [0.1, 0.15) is 59.5 Å². The number of piperidine rings is 1. The first-order chi connectivity index (χ1) is 20.7. The van der Waals surface area contributed by atoms with Crippen LogP contribution >= 0.6 is 23.2 Å². The van der Waals surface area contributed by atoms with Crippen molar-refractivity contribution >= 4 is 39.1 Å². The van der Waals surface area contributed by atoms with Crippen molar-refractivity contribution in [1.82, 2.24) is 20.5 Å². The second-order valence-electron chi connectivity index (χ2n) is 11.9. The molecule has 1 amide bonds. The molecule has 0 bridgehead atoms. The number of fused-ring (bicyclic) bond motifs is 1. The molecule has 2 heterocycles. The normalized spacial score (nSPS) is 25.1. The fourth-order valence-electron chi connectivity index (χ4n) is 7.09. The second-order valence-corrected chi connectivity index (χ2v) is 14.7. The first-order valence-electron chi connectivity index (χ1n) is 14.9. The SMILES string of the molecule is NC(=O)c1ccc(S(=O)(=O)N2CCC(NC3NNC4CCC(C(c5ccc(Cl)cc5)c5ccc(Cl)cc5)CC43)CC2)cc1. The van der Waals surface area contributed by atoms with Crippen LogP contribution in [0.3, 0.4) is 0 Å². The highest BCUT2D eigenvalue weighted by atomic mass is 35.5. The van der Waals surface area contributed by atoms with E-state index in [-0.39, 0.29) is 28.6 Å². The molecule has 3 aliphatic rings. The smallest absolute Gasteiger partial charge is 0.248 e. The van der Waals surface area contributed by atoms with Gasteiger partial charge in [-0.15, -0.1) is 0 Å². The molecule has 3 fully saturated rings. The van der Waals surface area contributed by atoms with Crippen molar-refractivity contribution in [2.75, 3.05) is 13.1 Å². The predicted molar refractivity (Wildman–Crippen MR) is 169 cm³/mol. The zero-order valence-electron chi connectivity index (χ0n) is 23.8. The number of carbonyl (C=O) groups is 1. The zero-order chi connectivity index (χ0) is 30.1. The molecule has 1 aliphatic carbocycles. The lowest BCUT2D eigenvalue weighted by Gasteiger charge is -2.39. The van der Waals surface area contributed by atoms with E-state index < -0.39 is 15.9 Å². The number of nitrogens with one attached hydrogen (secondary N) is 3. The van der Waals surface area contributed by atoms with Crippen molar-refractivity contribution < 1.29 is 13.2 Å². The van der Waals surface area contributed by atoms with Crippen LogP contribution in [-0.4, -0.2) is 50.0 Å². The van der Waals surface area contributed by atoms with Crippen LogP contribution in [0.25, 0.3) is 0 Å². The van der Waals surface area contributed by atoms with Crippen LogP contribution in [0, 0.1) is 11.8 Å². The number of halogens is 2. The van der Waals surface area contributed by atoms with Gasteiger partial charge < -0.3 is 5.73 Å². The third kappa shape index (κ3) is 6.63. The number of hydrogen-bond acceptors (Lipinski definition) is 6. The minimum atomic E-state index is -3.64. The van der Waals surface area contributed by atoms with E-state index in [4.69, 9.17) is 28.9 Å². The number of sulfonamides is 1. The summed E-state index contributed by atoms with van der Waals surface area (Å²) in [7, 11) is -3.64. The Kier molecular flexibility index (Phi) is 9.12. The lowest BCUT2D eigenvalue weighted by atomic mass is 9.68. The van der Waals surface area contributed by atoms with E-state index in [9.17, 15) is 13.2 Å². The number of amides is 1. The Morgan fingerprint density at radius 2 is 1.42 bits per heavy atom. The van der Waals surface area contributed by atoms with Gasteiger partial charge >= 0.3 is 0 Å². The summed E-state index contributed by atoms with van der Waals surface area (Å²) in [5.74, 6) is 0.499. The standard InChI is InChI=1S/C32H37Cl2N5O3S/c33-24-8-1-20(2-9-24)30(21-3-10-25(34)11-4-21)23-7-14-29-28(19-23)32(38-37-29)36-26-15-17-39(18-16-26)43(41,42)27-12-5-22(6-13-27)31(35)40/h1-6,8-13,23,26,28-30,32,36-38H,7,14-19H2,(H2,35,40). The average molecular weight is 643 g/mol. The molecule has 0 spiro atoms. The van der Waals surface area contributed by atoms with Crippen molar-refractivity contribution in [3.63, 3.8) is 0 Å². The number of benzene rings is 3. The molecule has 5 N–H and O–H groups in total. The maximum atomic E-state index is 13.2. The van der Waals surface area contributed by atoms with Gasteiger partial charge in [0.1, 0.15) is 0 Å². The minimum absolute atomic E-state index is 0.0957. The fraction of sp³-hybridized carbons (Fsp3) is 0.406. The average Bonchev–Trinajstić information content (AvgIpc) is 3.41. The van der Waals surface area contributed by atoms with E-state index in [1.165, 1.54) is 39.7 Å². The maximum absolute atomic E-state index is 13.2. The Morgan fingerprint density at radius 1 is 0.837 bits per heavy atom. The molecule has 8 nitrogen and oxygen atoms in total. The van der Waals surface area contributed by atoms with Crippen LogP contribution in [0.15, 0.2) is 77.7 Å². The maximum Gasteiger partial charge on any atom is 0.248 e. The van der Waals surface area contributed by atoms with Gasteiger partial charge in [0.25, 0.3) is 0 Å². The topological polar surface area (TPSA) is 117 Å². The van der Waals surface area contributed by atoms with E-state index in [2.05, 4.69) is 40.4 Å². The van der Waals surface area contributed by atoms with Gasteiger partial charge in [-0.25, -0.2) is 13.8 Å². The summed E-state index contributed by atoms with van der Waals surface area (Å²) >= 11 is 12.5. The molecule has 0 aromatic heterocycles. The predicted octanol–water partition coefficient (Wildman–Crippen LogP) is 4.89. The van der Waals surface area contributed by atoms with Gasteiger partial charge in [0.05, 0.1) is 11.1 Å². The molecule has 6 rings (SSSR count). The number of hydrazine groups is 1. The van der Waals surface area contributed by atoms with E-state index in [1.54, 1.807) is 0 Å². The first-order valence-corrected chi connectivity index (χ1v) is 17.1. The highest BCUT2D eigenvalue weighted by molar-refractivity contribution is 7.89. The molecule has 43 heavy (non-hydrogen) atoms. The van der Waals surface area contributed by atoms with Crippen molar-refractivity contribution in [3.8, 4) is 0 Å². The monoisotopic (exact) mass is 641 g/mol. The molecule has 0 radical (unpaired) electrons. The zero-order valence-corrected chi connectivity index (χ0v) is 26.1. The third-order valence-electron chi connectivity index (χ3n) is 9.37. The van der Waals surface area contributed by atoms with Crippen LogP contribution in [-0.2, 0) is 10.0 Å². The molecular formula is C32H37Cl2N5O3S. The number of carbonyl (C=O) groups excluding carboxylic acids is 1. The molecule has 3 aromatic rings. The quantitative estimate of drug-likeness (QED) is 0.278. The molecule has 2 aliphatic heterocycles. The number of primary amides is 1. The van der Waals surface area contributed by atoms with Gasteiger partial charge in [-0.2, -0.15) is 4.31 Å². The Bertz CT molecular complexity index is 1480. The molecule has 3 aromatic carbocycles. The summed E-state index contributed by atoms with van der Waals surface area (Å²) in [5, 5.41) is 5.29. The Hall–Kier alpha value is -2.50. The van der Waals surface area contributed by atoms with Gasteiger partial charge in [0, 0.05) is 52.6 Å². The molecular weight excluding hydrogens is 605 g/mol. The number of hydrogen-bond donors (Lipinski definition) is 4. The molecule has 2 saturated heterocycles. The van der Waals surface area contributed by atoms with Gasteiger partial charge in [0.15, 0.2) is 0 Å². The summed E-state index contributed by atoms with van der Waals surface area (Å²) in [6, 6.07) is 22.8. The molecule has 4 unspecified atom stereocenters. The van der Waals surface area contributed by atoms with Crippen LogP contribution in [0.5, 0.6) is 0 Å². The second kappa shape index (κ2) is 12.9. The van der Waals surface area contributed by atoms with Gasteiger partial charge in [-0.1, -0.05) is 47.5 Å². The van der Waals surface area contributed by atoms with Crippen molar-refractivity contribution in [2.24, 2.45) is 17.6 Å². The van der Waals surface area contributed by atoms with Crippen LogP contribution in [0.2, 0.25) is 10.0 Å². The van der Waals surface area contributed by atoms with E-state index in [0.717, 1.165) is 42.1 Å². The summed E-state index contributed by atoms with van der Waals surface area (Å²) in [4.78, 5) is 11.5. The lowest BCUT2D eigenvalue weighted by Crippen LogP contribution is -2.53. The van der Waals surface area contributed by atoms with Gasteiger partial charge in [-0.3, -0.25) is 15.5 Å². The Labute approximate surface area is 263 Å². The molecule has 228 valence electrons. The van der Waals surface area contributed by atoms with Gasteiger partial charge in [-0.05, 0) is 97.7 Å². The van der Waals surface area contributed by atoms with Crippen LogP contribution in [0.4, 0.5) is 0 Å². The van der Waals surface area contributed by atoms with Crippen molar-refractivity contribution in [3.05, 3.63) is 99.5 Å². The number of nitrogens with zero attached hydrogens (tertiary/aromatic N) is 1. The Morgan fingerprint density at radius 3 is 1.98 bits per heavy atom. The number of nitrogens with two attached hydrogens (primary N) is 1. The van der Waals surface area contributed by atoms with E-state index >= 15 is 0 Å². The highest BCUT2D eigenvalue weighted by Crippen LogP contribution is 2.44. The number of rotatable bonds is 8. The van der Waals surface area contributed by atoms with E-state index in [1.807, 2.05) is 24.3 Å². The minimum Gasteiger partial charge on any atom is -0.366 e. The summed E-state index contributed by atoms with van der Waals surface area (Å²) in [6.07, 6.45) is 4.76. The molecule has 1 saturated carbocycles.